The molecule has 5 nitrogen and oxygen atoms in total. The summed E-state index contributed by atoms with van der Waals surface area (Å²) in [5.41, 5.74) is 4.34. The first kappa shape index (κ1) is 14.5. The molecule has 7 heteroatoms. The Bertz CT molecular complexity index is 569. The minimum Gasteiger partial charge on any atom is -0.270 e. The van der Waals surface area contributed by atoms with E-state index < -0.39 is 0 Å². The monoisotopic (exact) mass is 343 g/mol. The van der Waals surface area contributed by atoms with Gasteiger partial charge in [0.25, 0.3) is 0 Å². The first-order chi connectivity index (χ1) is 9.06. The molecule has 0 fully saturated rings. The Kier molecular flexibility index (Phi) is 4.57. The first-order valence-electron chi connectivity index (χ1n) is 5.85. The van der Waals surface area contributed by atoms with Crippen LogP contribution in [0.3, 0.4) is 0 Å². The van der Waals surface area contributed by atoms with E-state index >= 15 is 0 Å². The normalized spacial score (nSPS) is 12.9. The molecular weight excluding hydrogens is 330 g/mol. The van der Waals surface area contributed by atoms with Gasteiger partial charge in [0.2, 0.25) is 0 Å². The quantitative estimate of drug-likeness (QED) is 0.661. The molecule has 0 bridgehead atoms. The SMILES string of the molecule is CC(C)n1ncc(Cl)c1C(NN)c1ncccc1Br. The Morgan fingerprint density at radius 2 is 2.21 bits per heavy atom. The molecule has 2 heterocycles. The third kappa shape index (κ3) is 2.81. The van der Waals surface area contributed by atoms with Crippen LogP contribution in [0, 0.1) is 0 Å². The average Bonchev–Trinajstić information content (AvgIpc) is 2.75. The van der Waals surface area contributed by atoms with Crippen LogP contribution in [0.1, 0.15) is 37.3 Å². The number of hydrogen-bond donors (Lipinski definition) is 2. The van der Waals surface area contributed by atoms with Gasteiger partial charge in [-0.15, -0.1) is 0 Å². The third-order valence-corrected chi connectivity index (χ3v) is 3.74. The lowest BCUT2D eigenvalue weighted by Crippen LogP contribution is -2.32. The number of rotatable bonds is 4. The molecule has 0 aliphatic rings. The molecule has 0 saturated carbocycles. The predicted molar refractivity (Wildman–Crippen MR) is 78.7 cm³/mol. The zero-order chi connectivity index (χ0) is 14.0. The van der Waals surface area contributed by atoms with Crippen molar-refractivity contribution < 1.29 is 0 Å². The molecule has 2 aromatic rings. The van der Waals surface area contributed by atoms with Crippen LogP contribution in [0.5, 0.6) is 0 Å². The van der Waals surface area contributed by atoms with Gasteiger partial charge in [-0.25, -0.2) is 5.43 Å². The molecule has 0 aliphatic heterocycles. The second kappa shape index (κ2) is 6.00. The second-order valence-electron chi connectivity index (χ2n) is 4.39. The maximum absolute atomic E-state index is 6.24. The number of nitrogens with one attached hydrogen (secondary N) is 1. The maximum Gasteiger partial charge on any atom is 0.107 e. The van der Waals surface area contributed by atoms with Crippen molar-refractivity contribution in [2.45, 2.75) is 25.9 Å². The van der Waals surface area contributed by atoms with Gasteiger partial charge >= 0.3 is 0 Å². The number of nitrogens with two attached hydrogens (primary N) is 1. The molecule has 102 valence electrons. The fraction of sp³-hybridized carbons (Fsp3) is 0.333. The van der Waals surface area contributed by atoms with Crippen molar-refractivity contribution in [2.75, 3.05) is 0 Å². The van der Waals surface area contributed by atoms with Crippen LogP contribution in [-0.2, 0) is 0 Å². The standard InChI is InChI=1S/C12H15BrClN5/c1-7(2)19-12(9(14)6-17-19)11(18-15)10-8(13)4-3-5-16-10/h3-7,11,18H,15H2,1-2H3. The summed E-state index contributed by atoms with van der Waals surface area (Å²) in [6, 6.07) is 3.62. The van der Waals surface area contributed by atoms with Crippen molar-refractivity contribution in [3.05, 3.63) is 45.4 Å². The maximum atomic E-state index is 6.24. The van der Waals surface area contributed by atoms with Gasteiger partial charge < -0.3 is 0 Å². The summed E-state index contributed by atoms with van der Waals surface area (Å²) in [5.74, 6) is 5.69. The molecule has 0 amide bonds. The number of halogens is 2. The molecule has 1 atom stereocenters. The molecular formula is C12H15BrClN5. The van der Waals surface area contributed by atoms with E-state index in [2.05, 4.69) is 31.4 Å². The van der Waals surface area contributed by atoms with Gasteiger partial charge in [0, 0.05) is 16.7 Å². The van der Waals surface area contributed by atoms with E-state index in [1.807, 2.05) is 30.7 Å². The molecule has 0 saturated heterocycles. The van der Waals surface area contributed by atoms with Crippen molar-refractivity contribution in [3.8, 4) is 0 Å². The van der Waals surface area contributed by atoms with Crippen molar-refractivity contribution in [3.63, 3.8) is 0 Å². The van der Waals surface area contributed by atoms with Gasteiger partial charge in [-0.05, 0) is 41.9 Å². The van der Waals surface area contributed by atoms with Gasteiger partial charge in [0.15, 0.2) is 0 Å². The van der Waals surface area contributed by atoms with Gasteiger partial charge in [-0.2, -0.15) is 5.10 Å². The lowest BCUT2D eigenvalue weighted by Gasteiger charge is -2.20. The highest BCUT2D eigenvalue weighted by Gasteiger charge is 2.25. The number of aromatic nitrogens is 3. The Balaban J connectivity index is 2.55. The largest absolute Gasteiger partial charge is 0.270 e. The van der Waals surface area contributed by atoms with Crippen molar-refractivity contribution in [2.24, 2.45) is 5.84 Å². The van der Waals surface area contributed by atoms with Crippen LogP contribution in [-0.4, -0.2) is 14.8 Å². The summed E-state index contributed by atoms with van der Waals surface area (Å²) in [7, 11) is 0. The summed E-state index contributed by atoms with van der Waals surface area (Å²) in [5, 5.41) is 4.85. The Morgan fingerprint density at radius 3 is 2.79 bits per heavy atom. The highest BCUT2D eigenvalue weighted by Crippen LogP contribution is 2.31. The van der Waals surface area contributed by atoms with E-state index in [9.17, 15) is 0 Å². The van der Waals surface area contributed by atoms with Crippen LogP contribution in [0.25, 0.3) is 0 Å². The minimum atomic E-state index is -0.326. The van der Waals surface area contributed by atoms with Crippen molar-refractivity contribution >= 4 is 27.5 Å². The van der Waals surface area contributed by atoms with Crippen LogP contribution < -0.4 is 11.3 Å². The zero-order valence-electron chi connectivity index (χ0n) is 10.6. The Labute approximate surface area is 125 Å². The van der Waals surface area contributed by atoms with E-state index in [4.69, 9.17) is 17.4 Å². The Hall–Kier alpha value is -0.950. The van der Waals surface area contributed by atoms with Gasteiger partial charge in [0.05, 0.1) is 22.6 Å². The third-order valence-electron chi connectivity index (χ3n) is 2.78. The van der Waals surface area contributed by atoms with E-state index in [1.54, 1.807) is 12.4 Å². The minimum absolute atomic E-state index is 0.181. The summed E-state index contributed by atoms with van der Waals surface area (Å²) in [6.07, 6.45) is 3.34. The van der Waals surface area contributed by atoms with Gasteiger partial charge in [0.1, 0.15) is 6.04 Å². The van der Waals surface area contributed by atoms with E-state index in [-0.39, 0.29) is 12.1 Å². The fourth-order valence-corrected chi connectivity index (χ4v) is 2.65. The van der Waals surface area contributed by atoms with Crippen LogP contribution in [0.15, 0.2) is 29.0 Å². The van der Waals surface area contributed by atoms with Crippen molar-refractivity contribution in [1.29, 1.82) is 0 Å². The number of hydrogen-bond acceptors (Lipinski definition) is 4. The molecule has 2 aromatic heterocycles. The van der Waals surface area contributed by atoms with E-state index in [0.29, 0.717) is 5.02 Å². The van der Waals surface area contributed by atoms with Crippen molar-refractivity contribution in [1.82, 2.24) is 20.2 Å². The summed E-state index contributed by atoms with van der Waals surface area (Å²) < 4.78 is 2.71. The second-order valence-corrected chi connectivity index (χ2v) is 5.65. The molecule has 1 unspecified atom stereocenters. The van der Waals surface area contributed by atoms with Crippen LogP contribution in [0.2, 0.25) is 5.02 Å². The average molecular weight is 345 g/mol. The number of nitrogens with zero attached hydrogens (tertiary/aromatic N) is 3. The topological polar surface area (TPSA) is 68.8 Å². The van der Waals surface area contributed by atoms with E-state index in [0.717, 1.165) is 15.9 Å². The molecule has 2 rings (SSSR count). The zero-order valence-corrected chi connectivity index (χ0v) is 13.0. The predicted octanol–water partition coefficient (Wildman–Crippen LogP) is 2.83. The molecule has 0 radical (unpaired) electrons. The number of hydrazine groups is 1. The molecule has 0 aromatic carbocycles. The number of pyridine rings is 1. The first-order valence-corrected chi connectivity index (χ1v) is 7.02. The molecule has 19 heavy (non-hydrogen) atoms. The lowest BCUT2D eigenvalue weighted by atomic mass is 10.1. The van der Waals surface area contributed by atoms with Gasteiger partial charge in [-0.1, -0.05) is 11.6 Å². The van der Waals surface area contributed by atoms with Crippen LogP contribution in [0.4, 0.5) is 0 Å². The highest BCUT2D eigenvalue weighted by molar-refractivity contribution is 9.10. The fourth-order valence-electron chi connectivity index (χ4n) is 1.93. The highest BCUT2D eigenvalue weighted by atomic mass is 79.9. The molecule has 0 aliphatic carbocycles. The summed E-state index contributed by atoms with van der Waals surface area (Å²) >= 11 is 9.72. The Morgan fingerprint density at radius 1 is 1.47 bits per heavy atom. The lowest BCUT2D eigenvalue weighted by molar-refractivity contribution is 0.472. The van der Waals surface area contributed by atoms with E-state index in [1.165, 1.54) is 0 Å². The van der Waals surface area contributed by atoms with Crippen LogP contribution >= 0.6 is 27.5 Å². The molecule has 0 spiro atoms. The molecule has 3 N–H and O–H groups in total. The summed E-state index contributed by atoms with van der Waals surface area (Å²) in [4.78, 5) is 4.36. The summed E-state index contributed by atoms with van der Waals surface area (Å²) in [6.45, 7) is 4.07. The smallest absolute Gasteiger partial charge is 0.107 e. The van der Waals surface area contributed by atoms with Gasteiger partial charge in [-0.3, -0.25) is 15.5 Å².